The number of amides is 2. The van der Waals surface area contributed by atoms with Crippen molar-refractivity contribution in [3.05, 3.63) is 113 Å². The Balaban J connectivity index is 1.40. The van der Waals surface area contributed by atoms with Gasteiger partial charge in [0.25, 0.3) is 11.8 Å². The third kappa shape index (κ3) is 7.46. The predicted octanol–water partition coefficient (Wildman–Crippen LogP) is 8.12. The van der Waals surface area contributed by atoms with E-state index in [0.717, 1.165) is 17.8 Å². The summed E-state index contributed by atoms with van der Waals surface area (Å²) in [5.41, 5.74) is 3.76. The topological polar surface area (TPSA) is 79.5 Å². The highest BCUT2D eigenvalue weighted by Crippen LogP contribution is 2.27. The molecule has 0 aliphatic heterocycles. The quantitative estimate of drug-likeness (QED) is 0.179. The smallest absolute Gasteiger partial charge is 0.257 e. The molecule has 4 aromatic carbocycles. The van der Waals surface area contributed by atoms with E-state index in [1.54, 1.807) is 42.5 Å². The molecular weight excluding hydrogens is 542 g/mol. The number of nitrogens with one attached hydrogen (secondary N) is 3. The van der Waals surface area contributed by atoms with Crippen LogP contribution in [-0.4, -0.2) is 18.4 Å². The van der Waals surface area contributed by atoms with E-state index >= 15 is 0 Å². The van der Waals surface area contributed by atoms with Crippen LogP contribution in [0.3, 0.4) is 0 Å². The first-order chi connectivity index (χ1) is 18.4. The Labute approximate surface area is 231 Å². The van der Waals surface area contributed by atoms with Gasteiger partial charge >= 0.3 is 0 Å². The molecule has 6 nitrogen and oxygen atoms in total. The Morgan fingerprint density at radius 2 is 1.42 bits per heavy atom. The van der Waals surface area contributed by atoms with Crippen molar-refractivity contribution in [3.8, 4) is 5.75 Å². The van der Waals surface area contributed by atoms with Gasteiger partial charge in [-0.3, -0.25) is 9.59 Å². The van der Waals surface area contributed by atoms with Gasteiger partial charge in [0.1, 0.15) is 5.75 Å². The molecule has 4 rings (SSSR count). The average molecular weight is 573 g/mol. The molecule has 3 N–H and O–H groups in total. The summed E-state index contributed by atoms with van der Waals surface area (Å²) >= 11 is 3.49. The van der Waals surface area contributed by atoms with Crippen molar-refractivity contribution in [2.75, 3.05) is 22.6 Å². The molecule has 7 heteroatoms. The zero-order chi connectivity index (χ0) is 26.9. The van der Waals surface area contributed by atoms with Crippen LogP contribution in [0.4, 0.5) is 22.7 Å². The van der Waals surface area contributed by atoms with Gasteiger partial charge in [-0.05, 0) is 95.0 Å². The van der Waals surface area contributed by atoms with Crippen LogP contribution < -0.4 is 20.7 Å². The van der Waals surface area contributed by atoms with Gasteiger partial charge in [0.05, 0.1) is 22.3 Å². The number of anilines is 4. The van der Waals surface area contributed by atoms with Crippen LogP contribution in [0.25, 0.3) is 0 Å². The summed E-state index contributed by atoms with van der Waals surface area (Å²) in [5.74, 6) is 0.592. The lowest BCUT2D eigenvalue weighted by Crippen LogP contribution is -2.18. The number of halogens is 1. The maximum absolute atomic E-state index is 13.1. The number of carbonyl (C=O) groups excluding carboxylic acids is 2. The highest BCUT2D eigenvalue weighted by Gasteiger charge is 2.16. The van der Waals surface area contributed by atoms with Crippen LogP contribution in [0.5, 0.6) is 5.75 Å². The second kappa shape index (κ2) is 12.9. The van der Waals surface area contributed by atoms with Gasteiger partial charge in [0.15, 0.2) is 0 Å². The van der Waals surface area contributed by atoms with Crippen molar-refractivity contribution in [2.24, 2.45) is 5.92 Å². The van der Waals surface area contributed by atoms with Gasteiger partial charge in [0, 0.05) is 22.6 Å². The second-order valence-corrected chi connectivity index (χ2v) is 10.1. The molecule has 0 radical (unpaired) electrons. The number of benzene rings is 4. The summed E-state index contributed by atoms with van der Waals surface area (Å²) in [4.78, 5) is 26.1. The fourth-order valence-electron chi connectivity index (χ4n) is 3.67. The molecule has 0 saturated carbocycles. The van der Waals surface area contributed by atoms with E-state index < -0.39 is 0 Å². The van der Waals surface area contributed by atoms with E-state index in [1.807, 2.05) is 54.6 Å². The molecule has 38 heavy (non-hydrogen) atoms. The molecule has 0 saturated heterocycles. The van der Waals surface area contributed by atoms with Crippen molar-refractivity contribution in [1.82, 2.24) is 0 Å². The summed E-state index contributed by atoms with van der Waals surface area (Å²) in [7, 11) is 0. The minimum atomic E-state index is -0.323. The number of rotatable bonds is 10. The molecule has 0 unspecified atom stereocenters. The predicted molar refractivity (Wildman–Crippen MR) is 158 cm³/mol. The Hall–Kier alpha value is -4.10. The lowest BCUT2D eigenvalue weighted by Gasteiger charge is -2.13. The van der Waals surface area contributed by atoms with Gasteiger partial charge in [-0.2, -0.15) is 0 Å². The normalized spacial score (nSPS) is 10.6. The van der Waals surface area contributed by atoms with E-state index in [9.17, 15) is 9.59 Å². The number of hydrogen-bond donors (Lipinski definition) is 3. The number of carbonyl (C=O) groups is 2. The van der Waals surface area contributed by atoms with Crippen LogP contribution in [0, 0.1) is 5.92 Å². The van der Waals surface area contributed by atoms with Crippen molar-refractivity contribution < 1.29 is 14.3 Å². The number of ether oxygens (including phenoxy) is 1. The van der Waals surface area contributed by atoms with Crippen LogP contribution >= 0.6 is 15.9 Å². The number of hydrogen-bond acceptors (Lipinski definition) is 4. The third-order valence-corrected chi connectivity index (χ3v) is 6.39. The largest absolute Gasteiger partial charge is 0.492 e. The minimum absolute atomic E-state index is 0.320. The number of para-hydroxylation sites is 2. The lowest BCUT2D eigenvalue weighted by molar-refractivity contribution is 0.102. The zero-order valence-corrected chi connectivity index (χ0v) is 22.9. The monoisotopic (exact) mass is 571 g/mol. The molecule has 194 valence electrons. The summed E-state index contributed by atoms with van der Waals surface area (Å²) in [6.45, 7) is 4.89. The highest BCUT2D eigenvalue weighted by atomic mass is 79.9. The summed E-state index contributed by atoms with van der Waals surface area (Å²) in [6, 6.07) is 29.4. The van der Waals surface area contributed by atoms with Gasteiger partial charge in [-0.15, -0.1) is 0 Å². The Kier molecular flexibility index (Phi) is 9.16. The van der Waals surface area contributed by atoms with Crippen molar-refractivity contribution in [2.45, 2.75) is 20.3 Å². The highest BCUT2D eigenvalue weighted by molar-refractivity contribution is 9.10. The molecule has 0 aliphatic rings. The molecule has 0 spiro atoms. The van der Waals surface area contributed by atoms with Crippen LogP contribution in [0.2, 0.25) is 0 Å². The van der Waals surface area contributed by atoms with Gasteiger partial charge in [0.2, 0.25) is 0 Å². The SMILES string of the molecule is CC(C)CCOc1ccc(C(=O)Nc2ccccc2C(=O)Nc2ccc(Nc3ccccc3)cc2)cc1Br. The van der Waals surface area contributed by atoms with Gasteiger partial charge in [-0.25, -0.2) is 0 Å². The molecule has 0 aliphatic carbocycles. The maximum Gasteiger partial charge on any atom is 0.257 e. The Morgan fingerprint density at radius 3 is 2.13 bits per heavy atom. The molecule has 0 atom stereocenters. The van der Waals surface area contributed by atoms with E-state index in [4.69, 9.17) is 4.74 Å². The van der Waals surface area contributed by atoms with Crippen LogP contribution in [0.1, 0.15) is 41.0 Å². The molecule has 0 fully saturated rings. The van der Waals surface area contributed by atoms with Crippen molar-refractivity contribution >= 4 is 50.5 Å². The van der Waals surface area contributed by atoms with E-state index in [2.05, 4.69) is 45.7 Å². The molecular formula is C31H30BrN3O3. The average Bonchev–Trinajstić information content (AvgIpc) is 2.91. The summed E-state index contributed by atoms with van der Waals surface area (Å²) < 4.78 is 6.51. The molecule has 0 bridgehead atoms. The van der Waals surface area contributed by atoms with E-state index in [1.165, 1.54) is 0 Å². The fraction of sp³-hybridized carbons (Fsp3) is 0.161. The zero-order valence-electron chi connectivity index (χ0n) is 21.3. The van der Waals surface area contributed by atoms with Gasteiger partial charge in [-0.1, -0.05) is 44.2 Å². The molecule has 0 aromatic heterocycles. The first kappa shape index (κ1) is 26.9. The van der Waals surface area contributed by atoms with Gasteiger partial charge < -0.3 is 20.7 Å². The molecule has 2 amide bonds. The maximum atomic E-state index is 13.1. The standard InChI is InChI=1S/C31H30BrN3O3/c1-21(2)18-19-38-29-17-12-22(20-27(29)32)30(36)35-28-11-7-6-10-26(28)31(37)34-25-15-13-24(14-16-25)33-23-8-4-3-5-9-23/h3-17,20-21,33H,18-19H2,1-2H3,(H,34,37)(H,35,36). The summed E-state index contributed by atoms with van der Waals surface area (Å²) in [5, 5.41) is 9.08. The first-order valence-corrected chi connectivity index (χ1v) is 13.2. The lowest BCUT2D eigenvalue weighted by atomic mass is 10.1. The fourth-order valence-corrected chi connectivity index (χ4v) is 4.17. The van der Waals surface area contributed by atoms with E-state index in [-0.39, 0.29) is 11.8 Å². The van der Waals surface area contributed by atoms with Crippen LogP contribution in [-0.2, 0) is 0 Å². The van der Waals surface area contributed by atoms with Crippen molar-refractivity contribution in [1.29, 1.82) is 0 Å². The van der Waals surface area contributed by atoms with E-state index in [0.29, 0.717) is 45.2 Å². The molecule has 0 heterocycles. The van der Waals surface area contributed by atoms with Crippen LogP contribution in [0.15, 0.2) is 102 Å². The third-order valence-electron chi connectivity index (χ3n) is 5.77. The Bertz CT molecular complexity index is 1390. The summed E-state index contributed by atoms with van der Waals surface area (Å²) in [6.07, 6.45) is 0.947. The van der Waals surface area contributed by atoms with Crippen molar-refractivity contribution in [3.63, 3.8) is 0 Å². The first-order valence-electron chi connectivity index (χ1n) is 12.5. The second-order valence-electron chi connectivity index (χ2n) is 9.20. The Morgan fingerprint density at radius 1 is 0.763 bits per heavy atom. The minimum Gasteiger partial charge on any atom is -0.492 e. The molecule has 4 aromatic rings.